The maximum atomic E-state index is 5.94. The van der Waals surface area contributed by atoms with Gasteiger partial charge in [-0.3, -0.25) is 0 Å². The molecule has 2 nitrogen and oxygen atoms in total. The lowest BCUT2D eigenvalue weighted by Gasteiger charge is -2.23. The molecule has 2 N–H and O–H groups in total. The summed E-state index contributed by atoms with van der Waals surface area (Å²) in [6.45, 7) is 0. The average molecular weight is 321 g/mol. The maximum Gasteiger partial charge on any atom is 0.109 e. The Morgan fingerprint density at radius 1 is 1.00 bits per heavy atom. The summed E-state index contributed by atoms with van der Waals surface area (Å²) >= 11 is 16.1. The molecule has 0 saturated heterocycles. The molecule has 0 aromatic heterocycles. The van der Waals surface area contributed by atoms with Crippen LogP contribution in [0.1, 0.15) is 17.2 Å². The van der Waals surface area contributed by atoms with Crippen LogP contribution in [0.3, 0.4) is 0 Å². The van der Waals surface area contributed by atoms with Gasteiger partial charge < -0.3 is 10.6 Å². The fourth-order valence-corrected chi connectivity index (χ4v) is 3.10. The summed E-state index contributed by atoms with van der Waals surface area (Å²) in [5.74, 6) is 0. The van der Waals surface area contributed by atoms with Gasteiger partial charge in [-0.15, -0.1) is 0 Å². The van der Waals surface area contributed by atoms with Crippen LogP contribution in [-0.4, -0.2) is 10.4 Å². The van der Waals surface area contributed by atoms with Crippen LogP contribution in [0.15, 0.2) is 48.5 Å². The largest absolute Gasteiger partial charge is 0.371 e. The van der Waals surface area contributed by atoms with E-state index in [2.05, 4.69) is 23.3 Å². The van der Waals surface area contributed by atoms with Gasteiger partial charge in [0.25, 0.3) is 0 Å². The summed E-state index contributed by atoms with van der Waals surface area (Å²) in [5, 5.41) is 7.40. The van der Waals surface area contributed by atoms with Crippen LogP contribution in [0.2, 0.25) is 5.02 Å². The molecular formula is C15H13ClN2S2. The second-order valence-electron chi connectivity index (χ2n) is 4.64. The molecule has 20 heavy (non-hydrogen) atoms. The smallest absolute Gasteiger partial charge is 0.109 e. The first-order valence-electron chi connectivity index (χ1n) is 6.25. The maximum absolute atomic E-state index is 5.94. The zero-order valence-corrected chi connectivity index (χ0v) is 13.0. The van der Waals surface area contributed by atoms with Crippen molar-refractivity contribution in [3.8, 4) is 0 Å². The van der Waals surface area contributed by atoms with Crippen LogP contribution in [0.4, 0.5) is 5.69 Å². The van der Waals surface area contributed by atoms with E-state index >= 15 is 0 Å². The van der Waals surface area contributed by atoms with E-state index in [1.807, 2.05) is 48.5 Å². The number of rotatable bonds is 1. The molecule has 102 valence electrons. The number of thiocarbonyl (C=S) groups is 1. The van der Waals surface area contributed by atoms with Crippen LogP contribution < -0.4 is 10.6 Å². The lowest BCUT2D eigenvalue weighted by molar-refractivity contribution is 0.661. The van der Waals surface area contributed by atoms with Crippen molar-refractivity contribution in [2.75, 3.05) is 5.32 Å². The van der Waals surface area contributed by atoms with Gasteiger partial charge in [-0.25, -0.2) is 0 Å². The third kappa shape index (κ3) is 2.64. The molecule has 0 fully saturated rings. The van der Waals surface area contributed by atoms with Crippen molar-refractivity contribution in [1.29, 1.82) is 0 Å². The van der Waals surface area contributed by atoms with Gasteiger partial charge in [0.2, 0.25) is 0 Å². The monoisotopic (exact) mass is 320 g/mol. The number of anilines is 1. The van der Waals surface area contributed by atoms with Gasteiger partial charge in [-0.05, 0) is 29.8 Å². The average Bonchev–Trinajstić information content (AvgIpc) is 2.57. The van der Waals surface area contributed by atoms with Crippen LogP contribution in [0.25, 0.3) is 0 Å². The van der Waals surface area contributed by atoms with Crippen molar-refractivity contribution in [2.45, 2.75) is 11.4 Å². The van der Waals surface area contributed by atoms with Gasteiger partial charge in [-0.2, -0.15) is 12.6 Å². The van der Waals surface area contributed by atoms with Crippen LogP contribution in [-0.2, 0) is 0 Å². The molecular weight excluding hydrogens is 308 g/mol. The van der Waals surface area contributed by atoms with Crippen molar-refractivity contribution >= 4 is 47.1 Å². The van der Waals surface area contributed by atoms with Gasteiger partial charge in [0.05, 0.1) is 11.4 Å². The molecule has 0 saturated carbocycles. The second-order valence-corrected chi connectivity index (χ2v) is 6.04. The van der Waals surface area contributed by atoms with Gasteiger partial charge in [-0.1, -0.05) is 48.1 Å². The fraction of sp³-hybridized carbons (Fsp3) is 0.133. The molecule has 2 aromatic carbocycles. The number of thiol groups is 1. The van der Waals surface area contributed by atoms with E-state index in [1.165, 1.54) is 0 Å². The first-order chi connectivity index (χ1) is 9.65. The summed E-state index contributed by atoms with van der Waals surface area (Å²) < 4.78 is 0. The van der Waals surface area contributed by atoms with E-state index in [0.717, 1.165) is 26.8 Å². The minimum absolute atomic E-state index is 0.0181. The number of para-hydroxylation sites is 1. The molecule has 2 atom stereocenters. The molecule has 0 amide bonds. The zero-order chi connectivity index (χ0) is 14.1. The first kappa shape index (κ1) is 13.7. The molecule has 2 unspecified atom stereocenters. The quantitative estimate of drug-likeness (QED) is 0.546. The Bertz CT molecular complexity index is 643. The third-order valence-corrected chi connectivity index (χ3v) is 4.32. The molecule has 1 heterocycles. The highest BCUT2D eigenvalue weighted by molar-refractivity contribution is 7.81. The van der Waals surface area contributed by atoms with E-state index in [1.54, 1.807) is 0 Å². The molecule has 5 heteroatoms. The molecule has 2 aromatic rings. The molecule has 1 aliphatic heterocycles. The van der Waals surface area contributed by atoms with Crippen molar-refractivity contribution in [3.63, 3.8) is 0 Å². The van der Waals surface area contributed by atoms with Crippen molar-refractivity contribution in [2.24, 2.45) is 0 Å². The number of halogens is 1. The summed E-state index contributed by atoms with van der Waals surface area (Å²) in [7, 11) is 0. The summed E-state index contributed by atoms with van der Waals surface area (Å²) in [4.78, 5) is 0.726. The van der Waals surface area contributed by atoms with Crippen LogP contribution in [0, 0.1) is 0 Å². The second kappa shape index (κ2) is 5.64. The highest BCUT2D eigenvalue weighted by Crippen LogP contribution is 2.29. The van der Waals surface area contributed by atoms with E-state index in [4.69, 9.17) is 23.8 Å². The molecule has 0 spiro atoms. The Morgan fingerprint density at radius 2 is 1.70 bits per heavy atom. The van der Waals surface area contributed by atoms with Crippen molar-refractivity contribution in [3.05, 3.63) is 64.7 Å². The number of nitrogens with one attached hydrogen (secondary N) is 2. The number of fused-ring (bicyclic) bond motifs is 1. The number of hydrogen-bond acceptors (Lipinski definition) is 3. The molecule has 0 radical (unpaired) electrons. The molecule has 0 aliphatic carbocycles. The standard InChI is InChI=1S/C15H13ClN2S2/c16-10-7-5-9(6-8-10)13-15(20)17-12-4-2-1-3-11(12)14(19)18-13/h1-8,13,15,17,20H,(H,18,19). The van der Waals surface area contributed by atoms with Crippen molar-refractivity contribution in [1.82, 2.24) is 5.32 Å². The lowest BCUT2D eigenvalue weighted by Crippen LogP contribution is -2.33. The predicted octanol–water partition coefficient (Wildman–Crippen LogP) is 4.03. The van der Waals surface area contributed by atoms with Gasteiger partial charge in [0.1, 0.15) is 4.99 Å². The normalized spacial score (nSPS) is 21.4. The van der Waals surface area contributed by atoms with Crippen molar-refractivity contribution < 1.29 is 0 Å². The number of hydrogen-bond donors (Lipinski definition) is 3. The minimum atomic E-state index is -0.0854. The predicted molar refractivity (Wildman–Crippen MR) is 91.9 cm³/mol. The van der Waals surface area contributed by atoms with Crippen LogP contribution in [0.5, 0.6) is 0 Å². The Labute approximate surface area is 133 Å². The third-order valence-electron chi connectivity index (χ3n) is 3.31. The highest BCUT2D eigenvalue weighted by atomic mass is 35.5. The topological polar surface area (TPSA) is 24.1 Å². The Hall–Kier alpha value is -1.23. The van der Waals surface area contributed by atoms with Gasteiger partial charge in [0.15, 0.2) is 0 Å². The van der Waals surface area contributed by atoms with E-state index in [-0.39, 0.29) is 11.4 Å². The van der Waals surface area contributed by atoms with Gasteiger partial charge >= 0.3 is 0 Å². The molecule has 0 bridgehead atoms. The first-order valence-corrected chi connectivity index (χ1v) is 7.55. The van der Waals surface area contributed by atoms with E-state index in [9.17, 15) is 0 Å². The molecule has 3 rings (SSSR count). The van der Waals surface area contributed by atoms with E-state index in [0.29, 0.717) is 0 Å². The van der Waals surface area contributed by atoms with Gasteiger partial charge in [0, 0.05) is 16.3 Å². The van der Waals surface area contributed by atoms with E-state index < -0.39 is 0 Å². The Morgan fingerprint density at radius 3 is 2.45 bits per heavy atom. The highest BCUT2D eigenvalue weighted by Gasteiger charge is 2.26. The fourth-order valence-electron chi connectivity index (χ4n) is 2.28. The van der Waals surface area contributed by atoms with Crippen LogP contribution >= 0.6 is 36.4 Å². The summed E-state index contributed by atoms with van der Waals surface area (Å²) in [6, 6.07) is 15.7. The Balaban J connectivity index is 1.96. The minimum Gasteiger partial charge on any atom is -0.371 e. The summed E-state index contributed by atoms with van der Waals surface area (Å²) in [5.41, 5.74) is 3.09. The summed E-state index contributed by atoms with van der Waals surface area (Å²) in [6.07, 6.45) is 0. The zero-order valence-electron chi connectivity index (χ0n) is 10.5. The Kier molecular flexibility index (Phi) is 3.87. The SMILES string of the molecule is S=C1NC(c2ccc(Cl)cc2)C(S)Nc2ccccc21. The number of benzene rings is 2. The molecule has 1 aliphatic rings. The lowest BCUT2D eigenvalue weighted by atomic mass is 10.1.